The third-order valence-electron chi connectivity index (χ3n) is 5.21. The topological polar surface area (TPSA) is 83.2 Å². The first kappa shape index (κ1) is 21.0. The van der Waals surface area contributed by atoms with Crippen molar-refractivity contribution in [2.75, 3.05) is 34.4 Å². The zero-order valence-corrected chi connectivity index (χ0v) is 17.1. The molecule has 1 amide bonds. The van der Waals surface area contributed by atoms with Crippen LogP contribution in [0.5, 0.6) is 23.0 Å². The smallest absolute Gasteiger partial charge is 0.253 e. The number of rotatable bonds is 7. The first-order chi connectivity index (χ1) is 14.1. The zero-order chi connectivity index (χ0) is 20.8. The minimum absolute atomic E-state index is 0.0308. The summed E-state index contributed by atoms with van der Waals surface area (Å²) in [5, 5.41) is 0. The Morgan fingerprint density at radius 2 is 1.69 bits per heavy atom. The van der Waals surface area contributed by atoms with Crippen molar-refractivity contribution < 1.29 is 23.7 Å². The summed E-state index contributed by atoms with van der Waals surface area (Å²) < 4.78 is 22.3. The molecule has 0 bridgehead atoms. The van der Waals surface area contributed by atoms with Gasteiger partial charge in [-0.3, -0.25) is 4.79 Å². The lowest BCUT2D eigenvalue weighted by atomic mass is 10.1. The van der Waals surface area contributed by atoms with E-state index in [9.17, 15) is 4.79 Å². The van der Waals surface area contributed by atoms with Gasteiger partial charge in [0.1, 0.15) is 11.5 Å². The molecule has 7 nitrogen and oxygen atoms in total. The SMILES string of the molecule is COc1ccc(C(=O)N2CCC(OC)CC2)cc1Oc1cccc(OC)c1CN. The number of benzene rings is 2. The largest absolute Gasteiger partial charge is 0.496 e. The van der Waals surface area contributed by atoms with E-state index < -0.39 is 0 Å². The number of methoxy groups -OCH3 is 3. The van der Waals surface area contributed by atoms with Gasteiger partial charge in [-0.2, -0.15) is 0 Å². The summed E-state index contributed by atoms with van der Waals surface area (Å²) in [6.07, 6.45) is 1.90. The summed E-state index contributed by atoms with van der Waals surface area (Å²) in [5.74, 6) is 2.17. The minimum atomic E-state index is -0.0308. The molecule has 0 aromatic heterocycles. The maximum absolute atomic E-state index is 13.0. The molecule has 1 saturated heterocycles. The number of carbonyl (C=O) groups excluding carboxylic acids is 1. The van der Waals surface area contributed by atoms with Crippen LogP contribution in [0, 0.1) is 0 Å². The molecule has 1 aliphatic heterocycles. The van der Waals surface area contributed by atoms with Gasteiger partial charge in [0.15, 0.2) is 11.5 Å². The summed E-state index contributed by atoms with van der Waals surface area (Å²) in [4.78, 5) is 14.8. The predicted octanol–water partition coefficient (Wildman–Crippen LogP) is 3.21. The third kappa shape index (κ3) is 4.63. The second-order valence-corrected chi connectivity index (χ2v) is 6.84. The number of piperidine rings is 1. The predicted molar refractivity (Wildman–Crippen MR) is 110 cm³/mol. The molecule has 2 N–H and O–H groups in total. The van der Waals surface area contributed by atoms with E-state index >= 15 is 0 Å². The number of ether oxygens (including phenoxy) is 4. The van der Waals surface area contributed by atoms with Gasteiger partial charge in [-0.25, -0.2) is 0 Å². The number of amides is 1. The second-order valence-electron chi connectivity index (χ2n) is 6.84. The molecule has 156 valence electrons. The van der Waals surface area contributed by atoms with Gasteiger partial charge >= 0.3 is 0 Å². The summed E-state index contributed by atoms with van der Waals surface area (Å²) in [6.45, 7) is 1.61. The fourth-order valence-corrected chi connectivity index (χ4v) is 3.52. The molecule has 0 atom stereocenters. The van der Waals surface area contributed by atoms with Crippen molar-refractivity contribution in [3.05, 3.63) is 47.5 Å². The Balaban J connectivity index is 1.86. The van der Waals surface area contributed by atoms with Crippen LogP contribution in [-0.4, -0.2) is 51.3 Å². The first-order valence-corrected chi connectivity index (χ1v) is 9.65. The van der Waals surface area contributed by atoms with Crippen molar-refractivity contribution in [2.24, 2.45) is 5.73 Å². The fraction of sp³-hybridized carbons (Fsp3) is 0.409. The average molecular weight is 400 g/mol. The van der Waals surface area contributed by atoms with Gasteiger partial charge < -0.3 is 29.6 Å². The van der Waals surface area contributed by atoms with Gasteiger partial charge in [0.05, 0.1) is 25.9 Å². The maximum Gasteiger partial charge on any atom is 0.253 e. The molecule has 0 radical (unpaired) electrons. The fourth-order valence-electron chi connectivity index (χ4n) is 3.52. The lowest BCUT2D eigenvalue weighted by Crippen LogP contribution is -2.40. The third-order valence-corrected chi connectivity index (χ3v) is 5.21. The van der Waals surface area contributed by atoms with Crippen LogP contribution in [0.4, 0.5) is 0 Å². The summed E-state index contributed by atoms with van der Waals surface area (Å²) >= 11 is 0. The van der Waals surface area contributed by atoms with Crippen LogP contribution in [0.1, 0.15) is 28.8 Å². The van der Waals surface area contributed by atoms with Crippen LogP contribution in [0.3, 0.4) is 0 Å². The molecular weight excluding hydrogens is 372 g/mol. The lowest BCUT2D eigenvalue weighted by Gasteiger charge is -2.31. The highest BCUT2D eigenvalue weighted by molar-refractivity contribution is 5.95. The number of hydrogen-bond acceptors (Lipinski definition) is 6. The molecule has 1 fully saturated rings. The zero-order valence-electron chi connectivity index (χ0n) is 17.1. The number of likely N-dealkylation sites (tertiary alicyclic amines) is 1. The van der Waals surface area contributed by atoms with Gasteiger partial charge in [-0.05, 0) is 43.2 Å². The van der Waals surface area contributed by atoms with Crippen LogP contribution in [0.2, 0.25) is 0 Å². The Labute approximate surface area is 171 Å². The molecule has 29 heavy (non-hydrogen) atoms. The summed E-state index contributed by atoms with van der Waals surface area (Å²) in [5.41, 5.74) is 7.18. The Bertz CT molecular complexity index is 847. The highest BCUT2D eigenvalue weighted by atomic mass is 16.5. The molecule has 0 aliphatic carbocycles. The maximum atomic E-state index is 13.0. The number of hydrogen-bond donors (Lipinski definition) is 1. The van der Waals surface area contributed by atoms with E-state index in [4.69, 9.17) is 24.7 Å². The van der Waals surface area contributed by atoms with Crippen LogP contribution in [0.15, 0.2) is 36.4 Å². The molecule has 0 spiro atoms. The Hall–Kier alpha value is -2.77. The normalized spacial score (nSPS) is 14.6. The standard InChI is InChI=1S/C22H28N2O5/c1-26-16-9-11-24(12-10-16)22(25)15-7-8-20(28-3)21(13-15)29-19-6-4-5-18(27-2)17(19)14-23/h4-8,13,16H,9-12,14,23H2,1-3H3. The summed E-state index contributed by atoms with van der Waals surface area (Å²) in [7, 11) is 4.86. The molecule has 7 heteroatoms. The molecular formula is C22H28N2O5. The van der Waals surface area contributed by atoms with Crippen molar-refractivity contribution in [2.45, 2.75) is 25.5 Å². The van der Waals surface area contributed by atoms with Crippen molar-refractivity contribution in [3.63, 3.8) is 0 Å². The lowest BCUT2D eigenvalue weighted by molar-refractivity contribution is 0.0350. The van der Waals surface area contributed by atoms with Crippen molar-refractivity contribution in [1.82, 2.24) is 4.90 Å². The molecule has 3 rings (SSSR count). The summed E-state index contributed by atoms with van der Waals surface area (Å²) in [6, 6.07) is 10.7. The molecule has 1 aliphatic rings. The number of carbonyl (C=O) groups is 1. The monoisotopic (exact) mass is 400 g/mol. The van der Waals surface area contributed by atoms with E-state index in [1.807, 2.05) is 23.1 Å². The van der Waals surface area contributed by atoms with E-state index in [-0.39, 0.29) is 18.6 Å². The Morgan fingerprint density at radius 1 is 1.00 bits per heavy atom. The molecule has 2 aromatic rings. The Morgan fingerprint density at radius 3 is 2.31 bits per heavy atom. The van der Waals surface area contributed by atoms with Crippen LogP contribution < -0.4 is 19.9 Å². The highest BCUT2D eigenvalue weighted by Gasteiger charge is 2.24. The van der Waals surface area contributed by atoms with Gasteiger partial charge in [0.2, 0.25) is 0 Å². The van der Waals surface area contributed by atoms with Gasteiger partial charge in [0.25, 0.3) is 5.91 Å². The van der Waals surface area contributed by atoms with Gasteiger partial charge in [0, 0.05) is 32.3 Å². The van der Waals surface area contributed by atoms with E-state index in [0.29, 0.717) is 41.7 Å². The van der Waals surface area contributed by atoms with Gasteiger partial charge in [-0.1, -0.05) is 6.07 Å². The number of nitrogens with two attached hydrogens (primary N) is 1. The van der Waals surface area contributed by atoms with E-state index in [1.165, 1.54) is 0 Å². The van der Waals surface area contributed by atoms with Gasteiger partial charge in [-0.15, -0.1) is 0 Å². The Kier molecular flexibility index (Phi) is 6.95. The van der Waals surface area contributed by atoms with E-state index in [2.05, 4.69) is 0 Å². The highest BCUT2D eigenvalue weighted by Crippen LogP contribution is 2.37. The van der Waals surface area contributed by atoms with E-state index in [0.717, 1.165) is 18.4 Å². The minimum Gasteiger partial charge on any atom is -0.496 e. The van der Waals surface area contributed by atoms with Crippen molar-refractivity contribution in [1.29, 1.82) is 0 Å². The van der Waals surface area contributed by atoms with Crippen LogP contribution in [-0.2, 0) is 11.3 Å². The number of nitrogens with zero attached hydrogens (tertiary/aromatic N) is 1. The second kappa shape index (κ2) is 9.62. The van der Waals surface area contributed by atoms with Crippen molar-refractivity contribution in [3.8, 4) is 23.0 Å². The molecule has 1 heterocycles. The van der Waals surface area contributed by atoms with Crippen LogP contribution in [0.25, 0.3) is 0 Å². The molecule has 2 aromatic carbocycles. The average Bonchev–Trinajstić information content (AvgIpc) is 2.78. The van der Waals surface area contributed by atoms with Crippen molar-refractivity contribution >= 4 is 5.91 Å². The molecule has 0 saturated carbocycles. The first-order valence-electron chi connectivity index (χ1n) is 9.65. The molecule has 0 unspecified atom stereocenters. The van der Waals surface area contributed by atoms with Crippen LogP contribution >= 0.6 is 0 Å². The quantitative estimate of drug-likeness (QED) is 0.768. The van der Waals surface area contributed by atoms with E-state index in [1.54, 1.807) is 39.5 Å².